The van der Waals surface area contributed by atoms with Gasteiger partial charge < -0.3 is 0 Å². The lowest BCUT2D eigenvalue weighted by atomic mass is 10.2. The van der Waals surface area contributed by atoms with Crippen LogP contribution in [0.3, 0.4) is 0 Å². The van der Waals surface area contributed by atoms with Crippen molar-refractivity contribution in [1.29, 1.82) is 0 Å². The Morgan fingerprint density at radius 1 is 1.16 bits per heavy atom. The van der Waals surface area contributed by atoms with Gasteiger partial charge in [-0.2, -0.15) is 0 Å². The molecule has 0 saturated carbocycles. The Kier molecular flexibility index (Phi) is 3.50. The minimum absolute atomic E-state index is 0.0613. The molecule has 0 aliphatic heterocycles. The largest absolute Gasteiger partial charge is 0.290 e. The molecule has 0 spiro atoms. The molecule has 0 saturated heterocycles. The van der Waals surface area contributed by atoms with E-state index < -0.39 is 17.5 Å². The van der Waals surface area contributed by atoms with Gasteiger partial charge in [0.25, 0.3) is 5.91 Å². The fourth-order valence-corrected chi connectivity index (χ4v) is 1.63. The number of carbonyl (C=O) groups is 1. The maximum atomic E-state index is 13.4. The van der Waals surface area contributed by atoms with Crippen LogP contribution in [0.5, 0.6) is 0 Å². The van der Waals surface area contributed by atoms with Crippen LogP contribution >= 0.6 is 0 Å². The summed E-state index contributed by atoms with van der Waals surface area (Å²) < 4.78 is 26.5. The van der Waals surface area contributed by atoms with Crippen molar-refractivity contribution in [2.45, 2.75) is 13.8 Å². The van der Waals surface area contributed by atoms with E-state index in [1.165, 1.54) is 12.1 Å². The molecule has 0 atom stereocenters. The van der Waals surface area contributed by atoms with Crippen molar-refractivity contribution in [3.05, 3.63) is 52.9 Å². The number of benzene rings is 1. The molecule has 6 heteroatoms. The molecule has 0 bridgehead atoms. The molecule has 0 unspecified atom stereocenters. The van der Waals surface area contributed by atoms with E-state index in [9.17, 15) is 13.6 Å². The molecule has 0 aliphatic carbocycles. The molecule has 0 aliphatic rings. The highest BCUT2D eigenvalue weighted by atomic mass is 19.2. The highest BCUT2D eigenvalue weighted by Crippen LogP contribution is 2.13. The minimum Gasteiger partial charge on any atom is -0.290 e. The number of anilines is 1. The summed E-state index contributed by atoms with van der Waals surface area (Å²) in [4.78, 5) is 19.8. The van der Waals surface area contributed by atoms with E-state index in [0.717, 1.165) is 6.07 Å². The zero-order valence-electron chi connectivity index (χ0n) is 10.4. The number of hydrogen-bond donors (Lipinski definition) is 1. The van der Waals surface area contributed by atoms with Gasteiger partial charge in [0.05, 0.1) is 5.56 Å². The maximum absolute atomic E-state index is 13.4. The van der Waals surface area contributed by atoms with Crippen molar-refractivity contribution in [2.24, 2.45) is 0 Å². The fourth-order valence-electron chi connectivity index (χ4n) is 1.63. The highest BCUT2D eigenvalue weighted by Gasteiger charge is 2.16. The Balaban J connectivity index is 2.28. The number of rotatable bonds is 2. The van der Waals surface area contributed by atoms with E-state index in [-0.39, 0.29) is 11.5 Å². The predicted molar refractivity (Wildman–Crippen MR) is 65.8 cm³/mol. The zero-order valence-corrected chi connectivity index (χ0v) is 10.4. The van der Waals surface area contributed by atoms with Crippen molar-refractivity contribution in [3.8, 4) is 0 Å². The third-order valence-electron chi connectivity index (χ3n) is 2.40. The Morgan fingerprint density at radius 3 is 2.42 bits per heavy atom. The number of nitrogens with one attached hydrogen (secondary N) is 1. The number of halogens is 2. The summed E-state index contributed by atoms with van der Waals surface area (Å²) in [6, 6.07) is 5.13. The van der Waals surface area contributed by atoms with Crippen molar-refractivity contribution in [3.63, 3.8) is 0 Å². The summed E-state index contributed by atoms with van der Waals surface area (Å²) in [5.41, 5.74) is 0.952. The molecule has 0 radical (unpaired) electrons. The summed E-state index contributed by atoms with van der Waals surface area (Å²) >= 11 is 0. The average Bonchev–Trinajstić information content (AvgIpc) is 2.31. The molecule has 1 amide bonds. The van der Waals surface area contributed by atoms with Crippen LogP contribution in [0.2, 0.25) is 0 Å². The average molecular weight is 263 g/mol. The summed E-state index contributed by atoms with van der Waals surface area (Å²) in [5, 5.41) is 2.34. The standard InChI is InChI=1S/C13H11F2N3O/c1-7-6-8(2)17-13(16-7)18-12(19)9-4-3-5-10(14)11(9)15/h3-6H,1-2H3,(H,16,17,18,19). The van der Waals surface area contributed by atoms with Gasteiger partial charge in [-0.05, 0) is 32.0 Å². The quantitative estimate of drug-likeness (QED) is 0.906. The van der Waals surface area contributed by atoms with Crippen LogP contribution in [0, 0.1) is 25.5 Å². The normalized spacial score (nSPS) is 10.3. The van der Waals surface area contributed by atoms with Gasteiger partial charge in [0.15, 0.2) is 11.6 Å². The van der Waals surface area contributed by atoms with Crippen LogP contribution in [0.15, 0.2) is 24.3 Å². The third kappa shape index (κ3) is 2.90. The van der Waals surface area contributed by atoms with Crippen LogP contribution < -0.4 is 5.32 Å². The molecule has 2 aromatic rings. The van der Waals surface area contributed by atoms with Gasteiger partial charge in [0.1, 0.15) is 0 Å². The molecule has 1 heterocycles. The number of aryl methyl sites for hydroxylation is 2. The zero-order chi connectivity index (χ0) is 14.0. The lowest BCUT2D eigenvalue weighted by Crippen LogP contribution is -2.17. The first-order valence-electron chi connectivity index (χ1n) is 5.55. The van der Waals surface area contributed by atoms with E-state index in [4.69, 9.17) is 0 Å². The van der Waals surface area contributed by atoms with Crippen LogP contribution in [0.25, 0.3) is 0 Å². The Labute approximate surface area is 108 Å². The first-order valence-corrected chi connectivity index (χ1v) is 5.55. The number of hydrogen-bond acceptors (Lipinski definition) is 3. The lowest BCUT2D eigenvalue weighted by Gasteiger charge is -2.06. The van der Waals surface area contributed by atoms with Gasteiger partial charge in [-0.1, -0.05) is 6.07 Å². The summed E-state index contributed by atoms with van der Waals surface area (Å²) in [5.74, 6) is -2.99. The highest BCUT2D eigenvalue weighted by molar-refractivity contribution is 6.03. The number of nitrogens with zero attached hydrogens (tertiary/aromatic N) is 2. The second-order valence-corrected chi connectivity index (χ2v) is 4.03. The van der Waals surface area contributed by atoms with Gasteiger partial charge in [-0.25, -0.2) is 18.7 Å². The number of aromatic nitrogens is 2. The van der Waals surface area contributed by atoms with Crippen molar-refractivity contribution in [1.82, 2.24) is 9.97 Å². The molecular formula is C13H11F2N3O. The van der Waals surface area contributed by atoms with E-state index in [1.807, 2.05) is 0 Å². The minimum atomic E-state index is -1.19. The van der Waals surface area contributed by atoms with Gasteiger partial charge in [0, 0.05) is 11.4 Å². The number of carbonyl (C=O) groups excluding carboxylic acids is 1. The third-order valence-corrected chi connectivity index (χ3v) is 2.40. The maximum Gasteiger partial charge on any atom is 0.261 e. The molecule has 1 aromatic carbocycles. The van der Waals surface area contributed by atoms with Crippen LogP contribution in [-0.2, 0) is 0 Å². The first-order chi connectivity index (χ1) is 8.97. The predicted octanol–water partition coefficient (Wildman–Crippen LogP) is 2.62. The topological polar surface area (TPSA) is 54.9 Å². The fraction of sp³-hybridized carbons (Fsp3) is 0.154. The lowest BCUT2D eigenvalue weighted by molar-refractivity contribution is 0.102. The van der Waals surface area contributed by atoms with Crippen molar-refractivity contribution >= 4 is 11.9 Å². The van der Waals surface area contributed by atoms with Crippen molar-refractivity contribution < 1.29 is 13.6 Å². The van der Waals surface area contributed by atoms with Gasteiger partial charge in [-0.15, -0.1) is 0 Å². The van der Waals surface area contributed by atoms with E-state index in [1.54, 1.807) is 19.9 Å². The number of amides is 1. The van der Waals surface area contributed by atoms with Crippen LogP contribution in [-0.4, -0.2) is 15.9 Å². The molecule has 2 rings (SSSR count). The Hall–Kier alpha value is -2.37. The summed E-state index contributed by atoms with van der Waals surface area (Å²) in [7, 11) is 0. The molecule has 4 nitrogen and oxygen atoms in total. The van der Waals surface area contributed by atoms with Crippen LogP contribution in [0.1, 0.15) is 21.7 Å². The second-order valence-electron chi connectivity index (χ2n) is 4.03. The van der Waals surface area contributed by atoms with E-state index in [0.29, 0.717) is 11.4 Å². The van der Waals surface area contributed by atoms with Crippen LogP contribution in [0.4, 0.5) is 14.7 Å². The van der Waals surface area contributed by atoms with Gasteiger partial charge >= 0.3 is 0 Å². The smallest absolute Gasteiger partial charge is 0.261 e. The Bertz CT molecular complexity index is 624. The van der Waals surface area contributed by atoms with Gasteiger partial charge in [-0.3, -0.25) is 10.1 Å². The van der Waals surface area contributed by atoms with E-state index in [2.05, 4.69) is 15.3 Å². The summed E-state index contributed by atoms with van der Waals surface area (Å²) in [6.07, 6.45) is 0. The monoisotopic (exact) mass is 263 g/mol. The first kappa shape index (κ1) is 13.1. The van der Waals surface area contributed by atoms with Gasteiger partial charge in [0.2, 0.25) is 5.95 Å². The molecular weight excluding hydrogens is 252 g/mol. The molecule has 98 valence electrons. The molecule has 19 heavy (non-hydrogen) atoms. The molecule has 1 N–H and O–H groups in total. The SMILES string of the molecule is Cc1cc(C)nc(NC(=O)c2cccc(F)c2F)n1. The summed E-state index contributed by atoms with van der Waals surface area (Å²) in [6.45, 7) is 3.49. The second kappa shape index (κ2) is 5.09. The van der Waals surface area contributed by atoms with E-state index >= 15 is 0 Å². The molecule has 0 fully saturated rings. The Morgan fingerprint density at radius 2 is 1.79 bits per heavy atom. The van der Waals surface area contributed by atoms with Crippen molar-refractivity contribution in [2.75, 3.05) is 5.32 Å². The molecule has 1 aromatic heterocycles.